The molecule has 0 atom stereocenters. The normalized spacial score (nSPS) is 10.9. The van der Waals surface area contributed by atoms with Gasteiger partial charge in [-0.1, -0.05) is 53.5 Å². The standard InChI is InChI=1S/C28H18Cl2N2O4S2/c29-17-8-5-15(6-9-17)22-12-10-18(37-22)14-31-26(33)16-7-11-19(28(35)36)21(13-16)32-27(34)25-24(30)20-3-1-2-4-23(20)38-25/h1-13H,14H2,(H,31,33)(H,32,34)(H,35,36). The molecule has 5 rings (SSSR count). The number of anilines is 1. The molecule has 38 heavy (non-hydrogen) atoms. The maximum absolute atomic E-state index is 13.0. The van der Waals surface area contributed by atoms with Crippen LogP contribution in [0.1, 0.15) is 35.3 Å². The van der Waals surface area contributed by atoms with Gasteiger partial charge in [-0.05, 0) is 54.1 Å². The average Bonchev–Trinajstić information content (AvgIpc) is 3.52. The smallest absolute Gasteiger partial charge is 0.337 e. The summed E-state index contributed by atoms with van der Waals surface area (Å²) in [5, 5.41) is 16.8. The van der Waals surface area contributed by atoms with Gasteiger partial charge in [-0.3, -0.25) is 9.59 Å². The van der Waals surface area contributed by atoms with Crippen molar-refractivity contribution < 1.29 is 19.5 Å². The van der Waals surface area contributed by atoms with Gasteiger partial charge in [0.15, 0.2) is 0 Å². The number of fused-ring (bicyclic) bond motifs is 1. The monoisotopic (exact) mass is 580 g/mol. The van der Waals surface area contributed by atoms with Gasteiger partial charge in [-0.25, -0.2) is 4.79 Å². The Kier molecular flexibility index (Phi) is 7.49. The first kappa shape index (κ1) is 25.9. The van der Waals surface area contributed by atoms with Gasteiger partial charge in [0.25, 0.3) is 11.8 Å². The first-order valence-electron chi connectivity index (χ1n) is 11.3. The van der Waals surface area contributed by atoms with Crippen LogP contribution in [-0.2, 0) is 6.54 Å². The van der Waals surface area contributed by atoms with Gasteiger partial charge in [0, 0.05) is 30.4 Å². The minimum Gasteiger partial charge on any atom is -0.478 e. The molecule has 0 aliphatic heterocycles. The van der Waals surface area contributed by atoms with Crippen LogP contribution in [0.25, 0.3) is 20.5 Å². The van der Waals surface area contributed by atoms with Crippen molar-refractivity contribution in [1.82, 2.24) is 5.32 Å². The molecule has 0 saturated carbocycles. The van der Waals surface area contributed by atoms with Crippen molar-refractivity contribution in [3.63, 3.8) is 0 Å². The lowest BCUT2D eigenvalue weighted by molar-refractivity contribution is 0.0697. The van der Waals surface area contributed by atoms with Crippen LogP contribution in [0.5, 0.6) is 0 Å². The predicted octanol–water partition coefficient (Wildman–Crippen LogP) is 7.82. The van der Waals surface area contributed by atoms with E-state index < -0.39 is 17.8 Å². The molecule has 5 aromatic rings. The topological polar surface area (TPSA) is 95.5 Å². The molecule has 3 aromatic carbocycles. The molecule has 190 valence electrons. The third kappa shape index (κ3) is 5.44. The lowest BCUT2D eigenvalue weighted by atomic mass is 10.1. The Labute approximate surface area is 235 Å². The van der Waals surface area contributed by atoms with E-state index in [-0.39, 0.29) is 28.2 Å². The molecule has 0 fully saturated rings. The summed E-state index contributed by atoms with van der Waals surface area (Å²) in [6.45, 7) is 0.289. The summed E-state index contributed by atoms with van der Waals surface area (Å²) >= 11 is 15.1. The second-order valence-corrected chi connectivity index (χ2v) is 11.3. The van der Waals surface area contributed by atoms with Crippen molar-refractivity contribution in [2.24, 2.45) is 0 Å². The highest BCUT2D eigenvalue weighted by Gasteiger charge is 2.21. The maximum atomic E-state index is 13.0. The number of carboxylic acids is 1. The quantitative estimate of drug-likeness (QED) is 0.183. The zero-order chi connectivity index (χ0) is 26.8. The summed E-state index contributed by atoms with van der Waals surface area (Å²) in [5.74, 6) is -2.19. The Morgan fingerprint density at radius 1 is 0.842 bits per heavy atom. The number of hydrogen-bond donors (Lipinski definition) is 3. The lowest BCUT2D eigenvalue weighted by Crippen LogP contribution is -2.23. The van der Waals surface area contributed by atoms with Crippen molar-refractivity contribution >= 4 is 79.4 Å². The van der Waals surface area contributed by atoms with Gasteiger partial charge in [0.2, 0.25) is 0 Å². The van der Waals surface area contributed by atoms with Crippen LogP contribution >= 0.6 is 45.9 Å². The highest BCUT2D eigenvalue weighted by Crippen LogP contribution is 2.36. The van der Waals surface area contributed by atoms with Crippen molar-refractivity contribution in [3.8, 4) is 10.4 Å². The number of benzene rings is 3. The van der Waals surface area contributed by atoms with Crippen molar-refractivity contribution in [3.05, 3.63) is 110 Å². The number of carbonyl (C=O) groups is 3. The van der Waals surface area contributed by atoms with E-state index in [0.717, 1.165) is 25.4 Å². The van der Waals surface area contributed by atoms with Crippen LogP contribution in [0.2, 0.25) is 10.0 Å². The van der Waals surface area contributed by atoms with Gasteiger partial charge in [-0.2, -0.15) is 0 Å². The number of rotatable bonds is 7. The number of aromatic carboxylic acids is 1. The molecule has 0 radical (unpaired) electrons. The zero-order valence-corrected chi connectivity index (χ0v) is 22.6. The summed E-state index contributed by atoms with van der Waals surface area (Å²) in [6, 6.07) is 22.8. The highest BCUT2D eigenvalue weighted by atomic mass is 35.5. The molecule has 2 amide bonds. The SMILES string of the molecule is O=C(NCc1ccc(-c2ccc(Cl)cc2)s1)c1ccc(C(=O)O)c(NC(=O)c2sc3ccccc3c2Cl)c1. The van der Waals surface area contributed by atoms with E-state index in [2.05, 4.69) is 10.6 Å². The number of hydrogen-bond acceptors (Lipinski definition) is 5. The van der Waals surface area contributed by atoms with Gasteiger partial charge >= 0.3 is 5.97 Å². The third-order valence-electron chi connectivity index (χ3n) is 5.72. The number of carbonyl (C=O) groups excluding carboxylic acids is 2. The summed E-state index contributed by atoms with van der Waals surface area (Å²) in [4.78, 5) is 40.0. The first-order valence-corrected chi connectivity index (χ1v) is 13.7. The van der Waals surface area contributed by atoms with Gasteiger partial charge in [0.05, 0.1) is 22.8 Å². The van der Waals surface area contributed by atoms with E-state index >= 15 is 0 Å². The molecule has 0 unspecified atom stereocenters. The largest absolute Gasteiger partial charge is 0.478 e. The number of halogens is 2. The second kappa shape index (κ2) is 11.0. The number of amides is 2. The van der Waals surface area contributed by atoms with E-state index in [9.17, 15) is 19.5 Å². The summed E-state index contributed by atoms with van der Waals surface area (Å²) in [5.41, 5.74) is 1.10. The molecule has 6 nitrogen and oxygen atoms in total. The zero-order valence-electron chi connectivity index (χ0n) is 19.5. The third-order valence-corrected chi connectivity index (χ3v) is 8.78. The van der Waals surface area contributed by atoms with Crippen LogP contribution in [0.4, 0.5) is 5.69 Å². The average molecular weight is 582 g/mol. The van der Waals surface area contributed by atoms with E-state index in [1.54, 1.807) is 11.3 Å². The molecule has 2 aromatic heterocycles. The molecule has 0 bridgehead atoms. The van der Waals surface area contributed by atoms with Crippen LogP contribution in [-0.4, -0.2) is 22.9 Å². The Bertz CT molecular complexity index is 1690. The summed E-state index contributed by atoms with van der Waals surface area (Å²) in [6.07, 6.45) is 0. The Morgan fingerprint density at radius 3 is 2.34 bits per heavy atom. The summed E-state index contributed by atoms with van der Waals surface area (Å²) < 4.78 is 0.835. The van der Waals surface area contributed by atoms with E-state index in [1.165, 1.54) is 29.5 Å². The molecule has 10 heteroatoms. The molecular formula is C28H18Cl2N2O4S2. The maximum Gasteiger partial charge on any atom is 0.337 e. The number of carboxylic acid groups (broad SMARTS) is 1. The molecule has 0 aliphatic carbocycles. The van der Waals surface area contributed by atoms with E-state index in [0.29, 0.717) is 10.0 Å². The van der Waals surface area contributed by atoms with Crippen LogP contribution in [0, 0.1) is 0 Å². The first-order chi connectivity index (χ1) is 18.3. The Morgan fingerprint density at radius 2 is 1.61 bits per heavy atom. The highest BCUT2D eigenvalue weighted by molar-refractivity contribution is 7.21. The van der Waals surface area contributed by atoms with Gasteiger partial charge in [0.1, 0.15) is 4.88 Å². The summed E-state index contributed by atoms with van der Waals surface area (Å²) in [7, 11) is 0. The molecular weight excluding hydrogens is 563 g/mol. The van der Waals surface area contributed by atoms with E-state index in [4.69, 9.17) is 23.2 Å². The fraction of sp³-hybridized carbons (Fsp3) is 0.0357. The Hall–Kier alpha value is -3.69. The predicted molar refractivity (Wildman–Crippen MR) is 154 cm³/mol. The number of nitrogens with one attached hydrogen (secondary N) is 2. The van der Waals surface area contributed by atoms with Crippen molar-refractivity contribution in [1.29, 1.82) is 0 Å². The minimum atomic E-state index is -1.23. The van der Waals surface area contributed by atoms with Gasteiger partial charge < -0.3 is 15.7 Å². The molecule has 3 N–H and O–H groups in total. The van der Waals surface area contributed by atoms with Gasteiger partial charge in [-0.15, -0.1) is 22.7 Å². The fourth-order valence-electron chi connectivity index (χ4n) is 3.83. The second-order valence-electron chi connectivity index (χ2n) is 8.22. The van der Waals surface area contributed by atoms with Crippen LogP contribution in [0.15, 0.2) is 78.9 Å². The molecule has 2 heterocycles. The van der Waals surface area contributed by atoms with E-state index in [1.807, 2.05) is 60.7 Å². The van der Waals surface area contributed by atoms with Crippen molar-refractivity contribution in [2.45, 2.75) is 6.54 Å². The molecule has 0 spiro atoms. The molecule has 0 saturated heterocycles. The molecule has 0 aliphatic rings. The minimum absolute atomic E-state index is 0.00446. The number of thiophene rings is 2. The van der Waals surface area contributed by atoms with Crippen LogP contribution < -0.4 is 10.6 Å². The fourth-order valence-corrected chi connectivity index (χ4v) is 6.32. The van der Waals surface area contributed by atoms with Crippen molar-refractivity contribution in [2.75, 3.05) is 5.32 Å². The Balaban J connectivity index is 1.32. The van der Waals surface area contributed by atoms with Crippen LogP contribution in [0.3, 0.4) is 0 Å². The lowest BCUT2D eigenvalue weighted by Gasteiger charge is -2.11.